The van der Waals surface area contributed by atoms with Gasteiger partial charge in [-0.2, -0.15) is 0 Å². The first-order valence-corrected chi connectivity index (χ1v) is 6.37. The van der Waals surface area contributed by atoms with Crippen LogP contribution in [-0.2, 0) is 4.79 Å². The fourth-order valence-corrected chi connectivity index (χ4v) is 3.20. The summed E-state index contributed by atoms with van der Waals surface area (Å²) in [5.41, 5.74) is -0.0412. The lowest BCUT2D eigenvalue weighted by atomic mass is 9.77. The molecule has 1 amide bonds. The van der Waals surface area contributed by atoms with Crippen LogP contribution in [0.4, 0.5) is 0 Å². The quantitative estimate of drug-likeness (QED) is 0.611. The van der Waals surface area contributed by atoms with Crippen molar-refractivity contribution in [1.29, 1.82) is 0 Å². The molecule has 0 aromatic rings. The van der Waals surface area contributed by atoms with E-state index in [0.717, 1.165) is 12.8 Å². The van der Waals surface area contributed by atoms with E-state index >= 15 is 0 Å². The van der Waals surface area contributed by atoms with Gasteiger partial charge in [0.05, 0.1) is 6.54 Å². The van der Waals surface area contributed by atoms with Crippen LogP contribution in [0.3, 0.4) is 0 Å². The molecular formula is C15H24N2O. The zero-order valence-electron chi connectivity index (χ0n) is 11.9. The van der Waals surface area contributed by atoms with E-state index in [1.54, 1.807) is 0 Å². The first-order chi connectivity index (χ1) is 8.23. The molecule has 1 rings (SSSR count). The molecule has 3 heteroatoms. The second-order valence-corrected chi connectivity index (χ2v) is 6.23. The summed E-state index contributed by atoms with van der Waals surface area (Å²) < 4.78 is 0. The van der Waals surface area contributed by atoms with Crippen molar-refractivity contribution in [3.05, 3.63) is 12.7 Å². The number of nitrogens with one attached hydrogen (secondary N) is 1. The first-order valence-electron chi connectivity index (χ1n) is 6.37. The van der Waals surface area contributed by atoms with Crippen LogP contribution in [0.2, 0.25) is 0 Å². The zero-order chi connectivity index (χ0) is 14.0. The van der Waals surface area contributed by atoms with Crippen molar-refractivity contribution in [2.45, 2.75) is 57.7 Å². The van der Waals surface area contributed by atoms with E-state index in [4.69, 9.17) is 6.42 Å². The number of likely N-dealkylation sites (tertiary alicyclic amines) is 1. The molecule has 1 aliphatic rings. The predicted molar refractivity (Wildman–Crippen MR) is 75.1 cm³/mol. The highest BCUT2D eigenvalue weighted by molar-refractivity contribution is 5.87. The second kappa shape index (κ2) is 5.16. The van der Waals surface area contributed by atoms with E-state index in [0.29, 0.717) is 6.54 Å². The molecule has 1 heterocycles. The van der Waals surface area contributed by atoms with Gasteiger partial charge in [-0.3, -0.25) is 9.69 Å². The summed E-state index contributed by atoms with van der Waals surface area (Å²) in [5.74, 6) is 2.64. The highest BCUT2D eigenvalue weighted by Crippen LogP contribution is 2.37. The summed E-state index contributed by atoms with van der Waals surface area (Å²) >= 11 is 0. The zero-order valence-corrected chi connectivity index (χ0v) is 11.9. The van der Waals surface area contributed by atoms with E-state index < -0.39 is 0 Å². The van der Waals surface area contributed by atoms with E-state index in [9.17, 15) is 4.79 Å². The Morgan fingerprint density at radius 2 is 1.94 bits per heavy atom. The molecule has 0 saturated carbocycles. The minimum absolute atomic E-state index is 0.0206. The molecule has 0 bridgehead atoms. The molecule has 1 fully saturated rings. The topological polar surface area (TPSA) is 32.3 Å². The molecule has 0 spiro atoms. The van der Waals surface area contributed by atoms with Gasteiger partial charge in [-0.1, -0.05) is 12.5 Å². The minimum Gasteiger partial charge on any atom is -0.350 e. The average Bonchev–Trinajstić information content (AvgIpc) is 2.22. The van der Waals surface area contributed by atoms with Gasteiger partial charge in [0, 0.05) is 17.1 Å². The van der Waals surface area contributed by atoms with Crippen LogP contribution >= 0.6 is 0 Å². The molecule has 3 nitrogen and oxygen atoms in total. The molecular weight excluding hydrogens is 224 g/mol. The number of carbonyl (C=O) groups is 1. The van der Waals surface area contributed by atoms with Gasteiger partial charge in [0.1, 0.15) is 0 Å². The van der Waals surface area contributed by atoms with Crippen molar-refractivity contribution in [2.75, 3.05) is 6.54 Å². The lowest BCUT2D eigenvalue weighted by Crippen LogP contribution is -2.64. The maximum atomic E-state index is 11.4. The molecule has 18 heavy (non-hydrogen) atoms. The molecule has 100 valence electrons. The third-order valence-electron chi connectivity index (χ3n) is 3.73. The van der Waals surface area contributed by atoms with Crippen LogP contribution in [0, 0.1) is 12.3 Å². The van der Waals surface area contributed by atoms with E-state index in [-0.39, 0.29) is 23.0 Å². The summed E-state index contributed by atoms with van der Waals surface area (Å²) in [7, 11) is 0. The highest BCUT2D eigenvalue weighted by atomic mass is 16.1. The fourth-order valence-electron chi connectivity index (χ4n) is 3.20. The van der Waals surface area contributed by atoms with Gasteiger partial charge in [0.25, 0.3) is 0 Å². The van der Waals surface area contributed by atoms with E-state index in [1.807, 2.05) is 0 Å². The molecule has 0 atom stereocenters. The van der Waals surface area contributed by atoms with Gasteiger partial charge in [0.2, 0.25) is 5.91 Å². The van der Waals surface area contributed by atoms with Gasteiger partial charge < -0.3 is 5.32 Å². The van der Waals surface area contributed by atoms with Crippen LogP contribution in [0.1, 0.15) is 40.5 Å². The van der Waals surface area contributed by atoms with Crippen molar-refractivity contribution in [3.63, 3.8) is 0 Å². The van der Waals surface area contributed by atoms with Crippen LogP contribution in [0.5, 0.6) is 0 Å². The van der Waals surface area contributed by atoms with Gasteiger partial charge in [-0.05, 0) is 46.6 Å². The minimum atomic E-state index is -0.100. The summed E-state index contributed by atoms with van der Waals surface area (Å²) in [5, 5.41) is 3.01. The number of terminal acetylenes is 1. The van der Waals surface area contributed by atoms with E-state index in [1.165, 1.54) is 6.08 Å². The SMILES string of the molecule is C#CCN1C(C)(C)CC(NC(=O)C=C)CC1(C)C. The standard InChI is InChI=1S/C15H24N2O/c1-7-9-17-14(3,4)10-12(11-15(17,5)6)16-13(18)8-2/h1,8,12H,2,9-11H2,3-6H3,(H,16,18). The van der Waals surface area contributed by atoms with Crippen molar-refractivity contribution in [1.82, 2.24) is 10.2 Å². The number of hydrogen-bond acceptors (Lipinski definition) is 2. The van der Waals surface area contributed by atoms with Gasteiger partial charge in [-0.25, -0.2) is 0 Å². The normalized spacial score (nSPS) is 23.1. The second-order valence-electron chi connectivity index (χ2n) is 6.23. The summed E-state index contributed by atoms with van der Waals surface area (Å²) in [6, 6.07) is 0.175. The molecule has 0 unspecified atom stereocenters. The average molecular weight is 248 g/mol. The lowest BCUT2D eigenvalue weighted by molar-refractivity contribution is -0.118. The van der Waals surface area contributed by atoms with Crippen LogP contribution in [0.15, 0.2) is 12.7 Å². The maximum Gasteiger partial charge on any atom is 0.243 e. The van der Waals surface area contributed by atoms with Gasteiger partial charge in [0.15, 0.2) is 0 Å². The van der Waals surface area contributed by atoms with Crippen molar-refractivity contribution >= 4 is 5.91 Å². The lowest BCUT2D eigenvalue weighted by Gasteiger charge is -2.54. The molecule has 1 saturated heterocycles. The molecule has 1 aliphatic heterocycles. The summed E-state index contributed by atoms with van der Waals surface area (Å²) in [4.78, 5) is 13.8. The monoisotopic (exact) mass is 248 g/mol. The Morgan fingerprint density at radius 1 is 1.44 bits per heavy atom. The number of hydrogen-bond donors (Lipinski definition) is 1. The summed E-state index contributed by atoms with van der Waals surface area (Å²) in [6.45, 7) is 12.9. The number of amides is 1. The number of carbonyl (C=O) groups excluding carboxylic acids is 1. The Balaban J connectivity index is 2.88. The molecule has 0 aliphatic carbocycles. The highest BCUT2D eigenvalue weighted by Gasteiger charge is 2.44. The third kappa shape index (κ3) is 3.14. The van der Waals surface area contributed by atoms with Gasteiger partial charge >= 0.3 is 0 Å². The van der Waals surface area contributed by atoms with E-state index in [2.05, 4.69) is 50.4 Å². The Bertz CT molecular complexity index is 358. The first kappa shape index (κ1) is 14.8. The molecule has 1 N–H and O–H groups in total. The Kier molecular flexibility index (Phi) is 4.24. The Labute approximate surface area is 111 Å². The fraction of sp³-hybridized carbons (Fsp3) is 0.667. The van der Waals surface area contributed by atoms with Crippen LogP contribution in [-0.4, -0.2) is 34.5 Å². The number of nitrogens with zero attached hydrogens (tertiary/aromatic N) is 1. The summed E-state index contributed by atoms with van der Waals surface area (Å²) in [6.07, 6.45) is 8.59. The molecule has 0 aromatic heterocycles. The largest absolute Gasteiger partial charge is 0.350 e. The molecule has 0 aromatic carbocycles. The predicted octanol–water partition coefficient (Wildman–Crippen LogP) is 1.94. The third-order valence-corrected chi connectivity index (χ3v) is 3.73. The Morgan fingerprint density at radius 3 is 2.33 bits per heavy atom. The van der Waals surface area contributed by atoms with Crippen molar-refractivity contribution < 1.29 is 4.79 Å². The Hall–Kier alpha value is -1.27. The van der Waals surface area contributed by atoms with Crippen molar-refractivity contribution in [3.8, 4) is 12.3 Å². The van der Waals surface area contributed by atoms with Crippen molar-refractivity contribution in [2.24, 2.45) is 0 Å². The van der Waals surface area contributed by atoms with Crippen LogP contribution in [0.25, 0.3) is 0 Å². The number of rotatable bonds is 3. The maximum absolute atomic E-state index is 11.4. The number of piperidine rings is 1. The molecule has 0 radical (unpaired) electrons. The van der Waals surface area contributed by atoms with Gasteiger partial charge in [-0.15, -0.1) is 6.42 Å². The smallest absolute Gasteiger partial charge is 0.243 e. The van der Waals surface area contributed by atoms with Crippen LogP contribution < -0.4 is 5.32 Å².